The van der Waals surface area contributed by atoms with E-state index < -0.39 is 0 Å². The molecule has 1 aliphatic rings. The second-order valence-corrected chi connectivity index (χ2v) is 5.16. The first kappa shape index (κ1) is 11.0. The Kier molecular flexibility index (Phi) is 2.80. The molecule has 2 heterocycles. The van der Waals surface area contributed by atoms with Gasteiger partial charge >= 0.3 is 0 Å². The van der Waals surface area contributed by atoms with E-state index >= 15 is 0 Å². The van der Waals surface area contributed by atoms with Gasteiger partial charge in [-0.25, -0.2) is 14.6 Å². The number of halogens is 1. The van der Waals surface area contributed by atoms with Crippen molar-refractivity contribution in [3.63, 3.8) is 0 Å². The number of aromatic nitrogens is 4. The van der Waals surface area contributed by atoms with Gasteiger partial charge < -0.3 is 0 Å². The summed E-state index contributed by atoms with van der Waals surface area (Å²) in [5.74, 6) is 1.37. The van der Waals surface area contributed by atoms with E-state index in [9.17, 15) is 0 Å². The Hall–Kier alpha value is -1.07. The van der Waals surface area contributed by atoms with Gasteiger partial charge in [-0.3, -0.25) is 0 Å². The molecule has 0 aliphatic heterocycles. The van der Waals surface area contributed by atoms with Gasteiger partial charge in [0.1, 0.15) is 5.15 Å². The Morgan fingerprint density at radius 3 is 2.94 bits per heavy atom. The summed E-state index contributed by atoms with van der Waals surface area (Å²) >= 11 is 7.42. The van der Waals surface area contributed by atoms with Crippen LogP contribution in [-0.2, 0) is 0 Å². The van der Waals surface area contributed by atoms with Crippen LogP contribution in [0, 0.1) is 0 Å². The van der Waals surface area contributed by atoms with Crippen LogP contribution >= 0.6 is 23.4 Å². The molecular formula is C11H11ClN4S. The van der Waals surface area contributed by atoms with Gasteiger partial charge in [0.2, 0.25) is 0 Å². The molecule has 17 heavy (non-hydrogen) atoms. The summed E-state index contributed by atoms with van der Waals surface area (Å²) in [5, 5.41) is 5.63. The molecule has 2 aromatic heterocycles. The molecule has 0 bridgehead atoms. The van der Waals surface area contributed by atoms with Crippen molar-refractivity contribution in [2.75, 3.05) is 6.26 Å². The maximum atomic E-state index is 5.95. The molecule has 0 unspecified atom stereocenters. The third-order valence-corrected chi connectivity index (χ3v) is 3.42. The summed E-state index contributed by atoms with van der Waals surface area (Å²) in [7, 11) is 0. The van der Waals surface area contributed by atoms with Crippen molar-refractivity contribution < 1.29 is 0 Å². The molecule has 0 amide bonds. The zero-order valence-electron chi connectivity index (χ0n) is 9.30. The van der Waals surface area contributed by atoms with Crippen molar-refractivity contribution in [3.8, 4) is 5.82 Å². The standard InChI is InChI=1S/C11H11ClN4S/c1-17-11-13-9(12)6-10(14-11)16-5-4-8(15-16)7-2-3-7/h4-7H,2-3H2,1H3. The van der Waals surface area contributed by atoms with Crippen molar-refractivity contribution in [2.45, 2.75) is 23.9 Å². The summed E-state index contributed by atoms with van der Waals surface area (Å²) < 4.78 is 1.76. The lowest BCUT2D eigenvalue weighted by Crippen LogP contribution is -2.01. The fourth-order valence-electron chi connectivity index (χ4n) is 1.66. The molecule has 6 heteroatoms. The van der Waals surface area contributed by atoms with E-state index in [1.807, 2.05) is 18.5 Å². The van der Waals surface area contributed by atoms with Crippen molar-refractivity contribution in [1.82, 2.24) is 19.7 Å². The average molecular weight is 267 g/mol. The van der Waals surface area contributed by atoms with Crippen LogP contribution in [-0.4, -0.2) is 26.0 Å². The molecule has 3 rings (SSSR count). The molecule has 2 aromatic rings. The predicted molar refractivity (Wildman–Crippen MR) is 67.9 cm³/mol. The lowest BCUT2D eigenvalue weighted by atomic mass is 10.3. The highest BCUT2D eigenvalue weighted by molar-refractivity contribution is 7.98. The summed E-state index contributed by atoms with van der Waals surface area (Å²) in [6.45, 7) is 0. The van der Waals surface area contributed by atoms with Gasteiger partial charge in [0.15, 0.2) is 11.0 Å². The molecule has 1 saturated carbocycles. The van der Waals surface area contributed by atoms with Crippen molar-refractivity contribution in [3.05, 3.63) is 29.2 Å². The number of hydrogen-bond acceptors (Lipinski definition) is 4. The van der Waals surface area contributed by atoms with Crippen LogP contribution in [0.2, 0.25) is 5.15 Å². The van der Waals surface area contributed by atoms with E-state index in [0.717, 1.165) is 11.5 Å². The predicted octanol–water partition coefficient (Wildman–Crippen LogP) is 2.92. The van der Waals surface area contributed by atoms with Crippen LogP contribution in [0.15, 0.2) is 23.5 Å². The molecule has 0 saturated heterocycles. The second-order valence-electron chi connectivity index (χ2n) is 4.00. The fraction of sp³-hybridized carbons (Fsp3) is 0.364. The first-order valence-corrected chi connectivity index (χ1v) is 7.01. The topological polar surface area (TPSA) is 43.6 Å². The number of rotatable bonds is 3. The van der Waals surface area contributed by atoms with E-state index in [1.54, 1.807) is 10.7 Å². The van der Waals surface area contributed by atoms with E-state index in [-0.39, 0.29) is 0 Å². The maximum absolute atomic E-state index is 5.95. The molecular weight excluding hydrogens is 256 g/mol. The molecule has 0 aromatic carbocycles. The van der Waals surface area contributed by atoms with Crippen LogP contribution in [0.3, 0.4) is 0 Å². The average Bonchev–Trinajstić information content (AvgIpc) is 3.06. The first-order valence-electron chi connectivity index (χ1n) is 5.41. The van der Waals surface area contributed by atoms with Gasteiger partial charge in [-0.1, -0.05) is 23.4 Å². The number of nitrogens with zero attached hydrogens (tertiary/aromatic N) is 4. The van der Waals surface area contributed by atoms with Crippen molar-refractivity contribution in [2.24, 2.45) is 0 Å². The zero-order valence-corrected chi connectivity index (χ0v) is 10.9. The van der Waals surface area contributed by atoms with Crippen LogP contribution in [0.1, 0.15) is 24.5 Å². The molecule has 1 aliphatic carbocycles. The molecule has 1 fully saturated rings. The molecule has 0 atom stereocenters. The van der Waals surface area contributed by atoms with Crippen molar-refractivity contribution in [1.29, 1.82) is 0 Å². The Bertz CT molecular complexity index is 550. The number of hydrogen-bond donors (Lipinski definition) is 0. The van der Waals surface area contributed by atoms with Gasteiger partial charge in [-0.2, -0.15) is 5.10 Å². The van der Waals surface area contributed by atoms with E-state index in [0.29, 0.717) is 16.2 Å². The summed E-state index contributed by atoms with van der Waals surface area (Å²) in [6.07, 6.45) is 6.35. The molecule has 4 nitrogen and oxygen atoms in total. The van der Waals surface area contributed by atoms with Crippen LogP contribution < -0.4 is 0 Å². The van der Waals surface area contributed by atoms with E-state index in [4.69, 9.17) is 11.6 Å². The Labute approximate surface area is 108 Å². The largest absolute Gasteiger partial charge is 0.222 e. The highest BCUT2D eigenvalue weighted by atomic mass is 35.5. The third kappa shape index (κ3) is 2.30. The van der Waals surface area contributed by atoms with E-state index in [2.05, 4.69) is 15.1 Å². The minimum atomic E-state index is 0.447. The monoisotopic (exact) mass is 266 g/mol. The summed E-state index contributed by atoms with van der Waals surface area (Å²) in [5.41, 5.74) is 1.14. The first-order chi connectivity index (χ1) is 8.26. The lowest BCUT2D eigenvalue weighted by molar-refractivity contribution is 0.785. The highest BCUT2D eigenvalue weighted by Crippen LogP contribution is 2.39. The minimum Gasteiger partial charge on any atom is -0.222 e. The normalized spacial score (nSPS) is 15.2. The maximum Gasteiger partial charge on any atom is 0.190 e. The Balaban J connectivity index is 1.98. The van der Waals surface area contributed by atoms with Gasteiger partial charge in [-0.05, 0) is 25.2 Å². The van der Waals surface area contributed by atoms with Crippen LogP contribution in [0.5, 0.6) is 0 Å². The van der Waals surface area contributed by atoms with Crippen LogP contribution in [0.25, 0.3) is 5.82 Å². The summed E-state index contributed by atoms with van der Waals surface area (Å²) in [6, 6.07) is 3.78. The summed E-state index contributed by atoms with van der Waals surface area (Å²) in [4.78, 5) is 8.49. The molecule has 0 N–H and O–H groups in total. The van der Waals surface area contributed by atoms with Gasteiger partial charge in [0, 0.05) is 18.2 Å². The SMILES string of the molecule is CSc1nc(Cl)cc(-n2ccc(C3CC3)n2)n1. The second kappa shape index (κ2) is 4.31. The molecule has 0 spiro atoms. The number of thioether (sulfide) groups is 1. The van der Waals surface area contributed by atoms with Crippen molar-refractivity contribution >= 4 is 23.4 Å². The van der Waals surface area contributed by atoms with E-state index in [1.165, 1.54) is 24.6 Å². The minimum absolute atomic E-state index is 0.447. The quantitative estimate of drug-likeness (QED) is 0.487. The third-order valence-electron chi connectivity index (χ3n) is 2.68. The van der Waals surface area contributed by atoms with Gasteiger partial charge in [0.05, 0.1) is 5.69 Å². The smallest absolute Gasteiger partial charge is 0.190 e. The Morgan fingerprint density at radius 1 is 1.41 bits per heavy atom. The fourth-order valence-corrected chi connectivity index (χ4v) is 2.26. The van der Waals surface area contributed by atoms with Gasteiger partial charge in [0.25, 0.3) is 0 Å². The molecule has 88 valence electrons. The molecule has 0 radical (unpaired) electrons. The Morgan fingerprint density at radius 2 is 2.24 bits per heavy atom. The lowest BCUT2D eigenvalue weighted by Gasteiger charge is -2.02. The van der Waals surface area contributed by atoms with Crippen LogP contribution in [0.4, 0.5) is 0 Å². The van der Waals surface area contributed by atoms with Gasteiger partial charge in [-0.15, -0.1) is 0 Å². The zero-order chi connectivity index (χ0) is 11.8. The highest BCUT2D eigenvalue weighted by Gasteiger charge is 2.26.